The highest BCUT2D eigenvalue weighted by Crippen LogP contribution is 2.26. The van der Waals surface area contributed by atoms with Crippen molar-refractivity contribution in [3.63, 3.8) is 0 Å². The molecule has 2 aromatic heterocycles. The van der Waals surface area contributed by atoms with Gasteiger partial charge in [0, 0.05) is 22.4 Å². The lowest BCUT2D eigenvalue weighted by Gasteiger charge is -2.11. The summed E-state index contributed by atoms with van der Waals surface area (Å²) in [5.74, 6) is 0.677. The molecule has 0 amide bonds. The number of halogens is 2. The zero-order valence-electron chi connectivity index (χ0n) is 12.8. The van der Waals surface area contributed by atoms with Crippen molar-refractivity contribution in [1.82, 2.24) is 14.5 Å². The highest BCUT2D eigenvalue weighted by Gasteiger charge is 2.12. The van der Waals surface area contributed by atoms with Gasteiger partial charge in [0.2, 0.25) is 0 Å². The van der Waals surface area contributed by atoms with E-state index in [1.54, 1.807) is 18.3 Å². The Kier molecular flexibility index (Phi) is 4.55. The van der Waals surface area contributed by atoms with E-state index in [0.29, 0.717) is 28.3 Å². The summed E-state index contributed by atoms with van der Waals surface area (Å²) >= 11 is 12.3. The van der Waals surface area contributed by atoms with E-state index in [4.69, 9.17) is 27.9 Å². The van der Waals surface area contributed by atoms with Gasteiger partial charge in [-0.15, -0.1) is 0 Å². The third-order valence-corrected chi connectivity index (χ3v) is 3.97. The third-order valence-electron chi connectivity index (χ3n) is 3.37. The summed E-state index contributed by atoms with van der Waals surface area (Å²) in [5.41, 5.74) is 2.57. The first-order valence-electron chi connectivity index (χ1n) is 7.10. The molecule has 0 radical (unpaired) electrons. The predicted molar refractivity (Wildman–Crippen MR) is 91.6 cm³/mol. The Hall–Kier alpha value is -2.04. The zero-order chi connectivity index (χ0) is 16.4. The molecule has 0 saturated carbocycles. The fourth-order valence-corrected chi connectivity index (χ4v) is 2.62. The number of imidazole rings is 1. The molecule has 2 heterocycles. The van der Waals surface area contributed by atoms with Gasteiger partial charge in [0.15, 0.2) is 5.75 Å². The third kappa shape index (κ3) is 3.66. The van der Waals surface area contributed by atoms with Crippen LogP contribution >= 0.6 is 23.2 Å². The maximum Gasteiger partial charge on any atom is 0.302 e. The SMILES string of the molecule is Cc1cn(Cc2cc(Cl)ccc2Cl)c(Oc2cccnc2C)n1. The maximum atomic E-state index is 6.25. The van der Waals surface area contributed by atoms with E-state index in [0.717, 1.165) is 17.0 Å². The van der Waals surface area contributed by atoms with Gasteiger partial charge in [-0.1, -0.05) is 23.2 Å². The number of aromatic nitrogens is 3. The molecule has 0 fully saturated rings. The molecule has 4 nitrogen and oxygen atoms in total. The van der Waals surface area contributed by atoms with Gasteiger partial charge in [0.05, 0.1) is 17.9 Å². The van der Waals surface area contributed by atoms with Crippen LogP contribution in [0.4, 0.5) is 0 Å². The Morgan fingerprint density at radius 2 is 2.00 bits per heavy atom. The van der Waals surface area contributed by atoms with Gasteiger partial charge < -0.3 is 4.74 Å². The number of pyridine rings is 1. The Bertz CT molecular complexity index is 846. The Morgan fingerprint density at radius 3 is 2.78 bits per heavy atom. The molecule has 0 atom stereocenters. The van der Waals surface area contributed by atoms with E-state index in [-0.39, 0.29) is 0 Å². The summed E-state index contributed by atoms with van der Waals surface area (Å²) in [5, 5.41) is 1.30. The number of aryl methyl sites for hydroxylation is 2. The van der Waals surface area contributed by atoms with E-state index in [9.17, 15) is 0 Å². The van der Waals surface area contributed by atoms with Crippen molar-refractivity contribution in [2.45, 2.75) is 20.4 Å². The summed E-state index contributed by atoms with van der Waals surface area (Å²) in [4.78, 5) is 8.65. The van der Waals surface area contributed by atoms with Crippen LogP contribution in [0, 0.1) is 13.8 Å². The van der Waals surface area contributed by atoms with Gasteiger partial charge in [0.25, 0.3) is 0 Å². The van der Waals surface area contributed by atoms with Crippen LogP contribution in [-0.2, 0) is 6.54 Å². The largest absolute Gasteiger partial charge is 0.424 e. The molecular formula is C17H15Cl2N3O. The minimum atomic E-state index is 0.495. The van der Waals surface area contributed by atoms with Gasteiger partial charge in [-0.05, 0) is 49.7 Å². The molecule has 1 aromatic carbocycles. The van der Waals surface area contributed by atoms with Crippen molar-refractivity contribution in [3.05, 3.63) is 69.7 Å². The second-order valence-corrected chi connectivity index (χ2v) is 6.06. The Morgan fingerprint density at radius 1 is 1.17 bits per heavy atom. The number of nitrogens with zero attached hydrogens (tertiary/aromatic N) is 3. The number of benzene rings is 1. The van der Waals surface area contributed by atoms with Gasteiger partial charge in [-0.25, -0.2) is 4.98 Å². The highest BCUT2D eigenvalue weighted by molar-refractivity contribution is 6.33. The minimum absolute atomic E-state index is 0.495. The molecule has 0 unspecified atom stereocenters. The van der Waals surface area contributed by atoms with E-state index in [2.05, 4.69) is 9.97 Å². The van der Waals surface area contributed by atoms with Crippen molar-refractivity contribution < 1.29 is 4.74 Å². The van der Waals surface area contributed by atoms with Crippen LogP contribution in [0.5, 0.6) is 11.8 Å². The molecule has 0 N–H and O–H groups in total. The van der Waals surface area contributed by atoms with Gasteiger partial charge in [0.1, 0.15) is 0 Å². The molecule has 6 heteroatoms. The van der Waals surface area contributed by atoms with E-state index in [1.807, 2.05) is 42.8 Å². The van der Waals surface area contributed by atoms with Crippen LogP contribution in [0.15, 0.2) is 42.7 Å². The summed E-state index contributed by atoms with van der Waals surface area (Å²) < 4.78 is 7.82. The number of hydrogen-bond acceptors (Lipinski definition) is 3. The molecule has 118 valence electrons. The van der Waals surface area contributed by atoms with Crippen LogP contribution in [-0.4, -0.2) is 14.5 Å². The Labute approximate surface area is 144 Å². The summed E-state index contributed by atoms with van der Waals surface area (Å²) in [6.07, 6.45) is 3.64. The second-order valence-electron chi connectivity index (χ2n) is 5.22. The fraction of sp³-hybridized carbons (Fsp3) is 0.176. The Balaban J connectivity index is 1.92. The van der Waals surface area contributed by atoms with Crippen LogP contribution in [0.25, 0.3) is 0 Å². The first-order valence-corrected chi connectivity index (χ1v) is 7.85. The molecule has 0 bridgehead atoms. The fourth-order valence-electron chi connectivity index (χ4n) is 2.24. The highest BCUT2D eigenvalue weighted by atomic mass is 35.5. The maximum absolute atomic E-state index is 6.25. The van der Waals surface area contributed by atoms with Crippen molar-refractivity contribution in [2.75, 3.05) is 0 Å². The molecule has 3 rings (SSSR count). The molecule has 23 heavy (non-hydrogen) atoms. The van der Waals surface area contributed by atoms with Crippen LogP contribution in [0.3, 0.4) is 0 Å². The van der Waals surface area contributed by atoms with Crippen LogP contribution < -0.4 is 4.74 Å². The van der Waals surface area contributed by atoms with Crippen molar-refractivity contribution in [2.24, 2.45) is 0 Å². The van der Waals surface area contributed by atoms with E-state index in [1.165, 1.54) is 0 Å². The summed E-state index contributed by atoms with van der Waals surface area (Å²) in [7, 11) is 0. The first-order chi connectivity index (χ1) is 11.0. The van der Waals surface area contributed by atoms with Gasteiger partial charge in [-0.3, -0.25) is 9.55 Å². The first kappa shape index (κ1) is 15.8. The van der Waals surface area contributed by atoms with Crippen LogP contribution in [0.2, 0.25) is 10.0 Å². The minimum Gasteiger partial charge on any atom is -0.424 e. The normalized spacial score (nSPS) is 10.8. The average Bonchev–Trinajstić information content (AvgIpc) is 2.85. The smallest absolute Gasteiger partial charge is 0.302 e. The van der Waals surface area contributed by atoms with E-state index >= 15 is 0 Å². The zero-order valence-corrected chi connectivity index (χ0v) is 14.3. The predicted octanol–water partition coefficient (Wildman–Crippen LogP) is 5.04. The molecule has 0 aliphatic carbocycles. The molecule has 0 spiro atoms. The lowest BCUT2D eigenvalue weighted by molar-refractivity contribution is 0.413. The van der Waals surface area contributed by atoms with Crippen molar-refractivity contribution >= 4 is 23.2 Å². The second kappa shape index (κ2) is 6.60. The topological polar surface area (TPSA) is 39.9 Å². The molecule has 0 aliphatic heterocycles. The van der Waals surface area contributed by atoms with Crippen LogP contribution in [0.1, 0.15) is 17.0 Å². The molecule has 0 aliphatic rings. The standard InChI is InChI=1S/C17H15Cl2N3O/c1-11-9-22(10-13-8-14(18)5-6-15(13)19)17(21-11)23-16-4-3-7-20-12(16)2/h3-9H,10H2,1-2H3. The quantitative estimate of drug-likeness (QED) is 0.663. The summed E-state index contributed by atoms with van der Waals surface area (Å²) in [6, 6.07) is 9.59. The van der Waals surface area contributed by atoms with Gasteiger partial charge in [-0.2, -0.15) is 0 Å². The number of hydrogen-bond donors (Lipinski definition) is 0. The molecule has 3 aromatic rings. The monoisotopic (exact) mass is 347 g/mol. The lowest BCUT2D eigenvalue weighted by Crippen LogP contribution is -2.03. The van der Waals surface area contributed by atoms with Crippen molar-refractivity contribution in [3.8, 4) is 11.8 Å². The van der Waals surface area contributed by atoms with E-state index < -0.39 is 0 Å². The lowest BCUT2D eigenvalue weighted by atomic mass is 10.2. The average molecular weight is 348 g/mol. The molecular weight excluding hydrogens is 333 g/mol. The number of ether oxygens (including phenoxy) is 1. The molecule has 0 saturated heterocycles. The number of rotatable bonds is 4. The van der Waals surface area contributed by atoms with Gasteiger partial charge >= 0.3 is 6.01 Å². The summed E-state index contributed by atoms with van der Waals surface area (Å²) in [6.45, 7) is 4.33. The van der Waals surface area contributed by atoms with Crippen molar-refractivity contribution in [1.29, 1.82) is 0 Å².